The first kappa shape index (κ1) is 11.8. The van der Waals surface area contributed by atoms with Crippen molar-refractivity contribution in [3.05, 3.63) is 35.6 Å². The zero-order chi connectivity index (χ0) is 12.4. The summed E-state index contributed by atoms with van der Waals surface area (Å²) in [6.45, 7) is 1.93. The van der Waals surface area contributed by atoms with Crippen molar-refractivity contribution in [1.29, 1.82) is 0 Å². The van der Waals surface area contributed by atoms with E-state index in [1.54, 1.807) is 12.1 Å². The number of hydrogen-bond donors (Lipinski definition) is 0. The number of carbonyl (C=O) groups is 2. The molecule has 1 heterocycles. The van der Waals surface area contributed by atoms with Crippen LogP contribution in [0.3, 0.4) is 0 Å². The number of ether oxygens (including phenoxy) is 1. The summed E-state index contributed by atoms with van der Waals surface area (Å²) in [5, 5.41) is 0. The average Bonchev–Trinajstić information content (AvgIpc) is 2.28. The molecule has 1 saturated heterocycles. The van der Waals surface area contributed by atoms with Crippen LogP contribution < -0.4 is 0 Å². The zero-order valence-electron chi connectivity index (χ0n) is 9.48. The minimum Gasteiger partial charge on any atom is -0.393 e. The minimum absolute atomic E-state index is 0.0346. The van der Waals surface area contributed by atoms with Gasteiger partial charge in [-0.2, -0.15) is 0 Å². The van der Waals surface area contributed by atoms with Crippen LogP contribution in [0, 0.1) is 11.7 Å². The van der Waals surface area contributed by atoms with Crippen molar-refractivity contribution in [1.82, 2.24) is 0 Å². The van der Waals surface area contributed by atoms with Gasteiger partial charge in [-0.3, -0.25) is 9.59 Å². The first-order valence-corrected chi connectivity index (χ1v) is 5.55. The Morgan fingerprint density at radius 1 is 1.18 bits per heavy atom. The molecule has 1 fully saturated rings. The lowest BCUT2D eigenvalue weighted by Gasteiger charge is -2.25. The van der Waals surface area contributed by atoms with Gasteiger partial charge in [-0.15, -0.1) is 0 Å². The first-order valence-electron chi connectivity index (χ1n) is 5.55. The maximum atomic E-state index is 12.8. The van der Waals surface area contributed by atoms with E-state index in [0.717, 1.165) is 5.56 Å². The van der Waals surface area contributed by atoms with Crippen LogP contribution in [0.25, 0.3) is 0 Å². The van der Waals surface area contributed by atoms with Crippen LogP contribution >= 0.6 is 0 Å². The Kier molecular flexibility index (Phi) is 3.22. The van der Waals surface area contributed by atoms with Crippen LogP contribution in [0.15, 0.2) is 24.3 Å². The van der Waals surface area contributed by atoms with Crippen molar-refractivity contribution < 1.29 is 18.7 Å². The van der Waals surface area contributed by atoms with Crippen LogP contribution in [0.2, 0.25) is 0 Å². The van der Waals surface area contributed by atoms with E-state index in [0.29, 0.717) is 0 Å². The molecule has 90 valence electrons. The highest BCUT2D eigenvalue weighted by Gasteiger charge is 2.31. The maximum Gasteiger partial charge on any atom is 0.313 e. The van der Waals surface area contributed by atoms with Gasteiger partial charge in [-0.05, 0) is 29.5 Å². The van der Waals surface area contributed by atoms with Crippen molar-refractivity contribution >= 4 is 11.9 Å². The van der Waals surface area contributed by atoms with Crippen LogP contribution in [0.5, 0.6) is 0 Å². The molecule has 0 aliphatic carbocycles. The molecule has 4 heteroatoms. The fourth-order valence-electron chi connectivity index (χ4n) is 2.10. The van der Waals surface area contributed by atoms with Gasteiger partial charge in [0.2, 0.25) is 0 Å². The normalized spacial score (nSPS) is 18.9. The van der Waals surface area contributed by atoms with Crippen molar-refractivity contribution in [2.45, 2.75) is 25.7 Å². The van der Waals surface area contributed by atoms with Crippen LogP contribution in [0.4, 0.5) is 4.39 Å². The van der Waals surface area contributed by atoms with Gasteiger partial charge in [0, 0.05) is 12.8 Å². The monoisotopic (exact) mass is 236 g/mol. The molecule has 1 aliphatic heterocycles. The summed E-state index contributed by atoms with van der Waals surface area (Å²) in [7, 11) is 0. The second-order valence-electron chi connectivity index (χ2n) is 4.35. The molecule has 0 spiro atoms. The number of rotatable bonds is 2. The highest BCUT2D eigenvalue weighted by Crippen LogP contribution is 2.32. The standard InChI is InChI=1S/C13H13FO3/c1-8(9-2-4-11(14)5-3-9)10-6-12(15)17-13(16)7-10/h2-5,8,10H,6-7H2,1H3. The highest BCUT2D eigenvalue weighted by atomic mass is 19.1. The van der Waals surface area contributed by atoms with Gasteiger partial charge in [0.15, 0.2) is 0 Å². The van der Waals surface area contributed by atoms with Crippen molar-refractivity contribution in [3.63, 3.8) is 0 Å². The summed E-state index contributed by atoms with van der Waals surface area (Å²) in [6.07, 6.45) is 0.481. The van der Waals surface area contributed by atoms with E-state index in [1.165, 1.54) is 12.1 Å². The number of carbonyl (C=O) groups excluding carboxylic acids is 2. The van der Waals surface area contributed by atoms with E-state index >= 15 is 0 Å². The van der Waals surface area contributed by atoms with E-state index in [1.807, 2.05) is 6.92 Å². The zero-order valence-corrected chi connectivity index (χ0v) is 9.48. The van der Waals surface area contributed by atoms with Gasteiger partial charge in [-0.25, -0.2) is 4.39 Å². The van der Waals surface area contributed by atoms with E-state index in [-0.39, 0.29) is 30.5 Å². The first-order chi connectivity index (χ1) is 8.06. The lowest BCUT2D eigenvalue weighted by molar-refractivity contribution is -0.165. The molecule has 0 radical (unpaired) electrons. The van der Waals surface area contributed by atoms with Crippen LogP contribution in [-0.4, -0.2) is 11.9 Å². The summed E-state index contributed by atoms with van der Waals surface area (Å²) >= 11 is 0. The van der Waals surface area contributed by atoms with E-state index in [9.17, 15) is 14.0 Å². The third kappa shape index (κ3) is 2.70. The molecule has 1 aromatic rings. The lowest BCUT2D eigenvalue weighted by Crippen LogP contribution is -2.28. The van der Waals surface area contributed by atoms with Gasteiger partial charge in [0.25, 0.3) is 0 Å². The summed E-state index contributed by atoms with van der Waals surface area (Å²) < 4.78 is 17.3. The molecular formula is C13H13FO3. The van der Waals surface area contributed by atoms with Gasteiger partial charge in [0.05, 0.1) is 0 Å². The van der Waals surface area contributed by atoms with Crippen molar-refractivity contribution in [2.24, 2.45) is 5.92 Å². The smallest absolute Gasteiger partial charge is 0.313 e. The Hall–Kier alpha value is -1.71. The molecule has 0 amide bonds. The SMILES string of the molecule is CC(c1ccc(F)cc1)C1CC(=O)OC(=O)C1. The molecule has 2 rings (SSSR count). The van der Waals surface area contributed by atoms with Gasteiger partial charge in [-0.1, -0.05) is 19.1 Å². The number of hydrogen-bond acceptors (Lipinski definition) is 3. The number of esters is 2. The molecular weight excluding hydrogens is 223 g/mol. The molecule has 3 nitrogen and oxygen atoms in total. The average molecular weight is 236 g/mol. The molecule has 0 N–H and O–H groups in total. The van der Waals surface area contributed by atoms with Crippen molar-refractivity contribution in [3.8, 4) is 0 Å². The molecule has 1 aliphatic rings. The topological polar surface area (TPSA) is 43.4 Å². The lowest BCUT2D eigenvalue weighted by atomic mass is 9.82. The molecule has 0 bridgehead atoms. The number of halogens is 1. The van der Waals surface area contributed by atoms with Crippen LogP contribution in [0.1, 0.15) is 31.2 Å². The second-order valence-corrected chi connectivity index (χ2v) is 4.35. The Morgan fingerprint density at radius 2 is 1.71 bits per heavy atom. The highest BCUT2D eigenvalue weighted by molar-refractivity contribution is 5.88. The Morgan fingerprint density at radius 3 is 2.24 bits per heavy atom. The maximum absolute atomic E-state index is 12.8. The number of benzene rings is 1. The Balaban J connectivity index is 2.13. The summed E-state index contributed by atoms with van der Waals surface area (Å²) in [6, 6.07) is 6.14. The van der Waals surface area contributed by atoms with E-state index in [4.69, 9.17) is 0 Å². The molecule has 1 atom stereocenters. The largest absolute Gasteiger partial charge is 0.393 e. The molecule has 0 saturated carbocycles. The third-order valence-corrected chi connectivity index (χ3v) is 3.19. The van der Waals surface area contributed by atoms with E-state index in [2.05, 4.69) is 4.74 Å². The van der Waals surface area contributed by atoms with Gasteiger partial charge in [0.1, 0.15) is 5.82 Å². The van der Waals surface area contributed by atoms with Gasteiger partial charge < -0.3 is 4.74 Å². The summed E-state index contributed by atoms with van der Waals surface area (Å²) in [4.78, 5) is 22.3. The second kappa shape index (κ2) is 4.65. The molecule has 0 aromatic heterocycles. The van der Waals surface area contributed by atoms with E-state index < -0.39 is 11.9 Å². The fraction of sp³-hybridized carbons (Fsp3) is 0.385. The fourth-order valence-corrected chi connectivity index (χ4v) is 2.10. The molecule has 17 heavy (non-hydrogen) atoms. The summed E-state index contributed by atoms with van der Waals surface area (Å²) in [5.74, 6) is -1.26. The predicted molar refractivity (Wildman–Crippen MR) is 58.6 cm³/mol. The predicted octanol–water partition coefficient (Wildman–Crippen LogP) is 2.41. The van der Waals surface area contributed by atoms with Gasteiger partial charge >= 0.3 is 11.9 Å². The molecule has 1 aromatic carbocycles. The van der Waals surface area contributed by atoms with Crippen LogP contribution in [-0.2, 0) is 14.3 Å². The number of cyclic esters (lactones) is 2. The van der Waals surface area contributed by atoms with Crippen molar-refractivity contribution in [2.75, 3.05) is 0 Å². The Bertz CT molecular complexity index is 422. The Labute approximate surface area is 98.6 Å². The molecule has 1 unspecified atom stereocenters. The summed E-state index contributed by atoms with van der Waals surface area (Å²) in [5.41, 5.74) is 0.930. The third-order valence-electron chi connectivity index (χ3n) is 3.19. The minimum atomic E-state index is -0.472. The quantitative estimate of drug-likeness (QED) is 0.585.